The van der Waals surface area contributed by atoms with Gasteiger partial charge in [0, 0.05) is 12.2 Å². The fourth-order valence-corrected chi connectivity index (χ4v) is 3.80. The molecule has 0 radical (unpaired) electrons. The van der Waals surface area contributed by atoms with E-state index < -0.39 is 47.9 Å². The molecule has 2 aromatic carbocycles. The highest BCUT2D eigenvalue weighted by Crippen LogP contribution is 2.12. The van der Waals surface area contributed by atoms with Crippen molar-refractivity contribution in [2.45, 2.75) is 50.9 Å². The number of benzene rings is 2. The van der Waals surface area contributed by atoms with E-state index >= 15 is 0 Å². The lowest BCUT2D eigenvalue weighted by atomic mass is 10.00. The minimum Gasteiger partial charge on any atom is -0.508 e. The first-order chi connectivity index (χ1) is 17.5. The number of amides is 3. The van der Waals surface area contributed by atoms with E-state index in [4.69, 9.17) is 5.73 Å². The Morgan fingerprint density at radius 2 is 1.38 bits per heavy atom. The van der Waals surface area contributed by atoms with Crippen LogP contribution in [0.25, 0.3) is 0 Å². The summed E-state index contributed by atoms with van der Waals surface area (Å²) in [6.45, 7) is 3.42. The number of hydrogen-bond donors (Lipinski definition) is 7. The molecule has 7 N–H and O–H groups in total. The van der Waals surface area contributed by atoms with Crippen LogP contribution >= 0.6 is 12.6 Å². The van der Waals surface area contributed by atoms with E-state index in [1.165, 1.54) is 12.1 Å². The lowest BCUT2D eigenvalue weighted by Gasteiger charge is -2.27. The Labute approximate surface area is 221 Å². The van der Waals surface area contributed by atoms with E-state index in [2.05, 4.69) is 28.6 Å². The maximum atomic E-state index is 13.3. The number of phenols is 1. The van der Waals surface area contributed by atoms with Crippen LogP contribution in [0.2, 0.25) is 0 Å². The smallest absolute Gasteiger partial charge is 0.327 e. The molecule has 3 amide bonds. The summed E-state index contributed by atoms with van der Waals surface area (Å²) in [7, 11) is 0. The van der Waals surface area contributed by atoms with Crippen LogP contribution in [0, 0.1) is 5.92 Å². The van der Waals surface area contributed by atoms with Crippen molar-refractivity contribution in [3.05, 3.63) is 65.7 Å². The van der Waals surface area contributed by atoms with E-state index in [0.29, 0.717) is 0 Å². The number of nitrogens with one attached hydrogen (secondary N) is 3. The third-order valence-corrected chi connectivity index (χ3v) is 6.05. The zero-order chi connectivity index (χ0) is 27.5. The number of carbonyl (C=O) groups excluding carboxylic acids is 3. The van der Waals surface area contributed by atoms with Crippen LogP contribution in [-0.2, 0) is 32.0 Å². The van der Waals surface area contributed by atoms with E-state index in [0.717, 1.165) is 11.1 Å². The van der Waals surface area contributed by atoms with Crippen LogP contribution < -0.4 is 21.7 Å². The van der Waals surface area contributed by atoms with Crippen molar-refractivity contribution < 1.29 is 29.4 Å². The zero-order valence-corrected chi connectivity index (χ0v) is 21.7. The van der Waals surface area contributed by atoms with Crippen molar-refractivity contribution in [3.8, 4) is 5.75 Å². The molecule has 0 aliphatic heterocycles. The standard InChI is InChI=1S/C26H34N4O6S/c1-15(2)22(25(34)29-21(14-37)26(35)36)30-24(33)20(13-16-6-4-3-5-7-16)28-23(32)19(27)12-17-8-10-18(31)11-9-17/h3-11,15,19-22,31,37H,12-14,27H2,1-2H3,(H,28,32)(H,29,34)(H,30,33)(H,35,36). The summed E-state index contributed by atoms with van der Waals surface area (Å²) < 4.78 is 0. The van der Waals surface area contributed by atoms with Crippen molar-refractivity contribution in [2.24, 2.45) is 11.7 Å². The molecule has 0 aromatic heterocycles. The molecule has 0 aliphatic carbocycles. The molecule has 4 atom stereocenters. The summed E-state index contributed by atoms with van der Waals surface area (Å²) in [4.78, 5) is 50.3. The summed E-state index contributed by atoms with van der Waals surface area (Å²) in [5.41, 5.74) is 7.61. The van der Waals surface area contributed by atoms with Crippen LogP contribution in [0.3, 0.4) is 0 Å². The molecule has 0 heterocycles. The molecule has 200 valence electrons. The minimum absolute atomic E-state index is 0.0918. The van der Waals surface area contributed by atoms with E-state index in [1.807, 2.05) is 6.07 Å². The van der Waals surface area contributed by atoms with Gasteiger partial charge in [-0.25, -0.2) is 4.79 Å². The Balaban J connectivity index is 2.18. The lowest BCUT2D eigenvalue weighted by Crippen LogP contribution is -2.59. The van der Waals surface area contributed by atoms with Crippen LogP contribution in [0.5, 0.6) is 5.75 Å². The maximum Gasteiger partial charge on any atom is 0.327 e. The van der Waals surface area contributed by atoms with Gasteiger partial charge in [-0.15, -0.1) is 0 Å². The van der Waals surface area contributed by atoms with Gasteiger partial charge in [0.15, 0.2) is 0 Å². The molecule has 2 rings (SSSR count). The molecule has 0 fully saturated rings. The quantitative estimate of drug-likeness (QED) is 0.186. The lowest BCUT2D eigenvalue weighted by molar-refractivity contribution is -0.142. The summed E-state index contributed by atoms with van der Waals surface area (Å²) in [5.74, 6) is -3.48. The number of nitrogens with two attached hydrogens (primary N) is 1. The average molecular weight is 531 g/mol. The number of rotatable bonds is 13. The van der Waals surface area contributed by atoms with Gasteiger partial charge in [-0.1, -0.05) is 56.3 Å². The Kier molecular flexibility index (Phi) is 11.4. The molecule has 2 aromatic rings. The third kappa shape index (κ3) is 9.43. The van der Waals surface area contributed by atoms with Gasteiger partial charge >= 0.3 is 5.97 Å². The first kappa shape index (κ1) is 29.7. The number of phenolic OH excluding ortho intramolecular Hbond substituents is 1. The molecule has 10 nitrogen and oxygen atoms in total. The first-order valence-corrected chi connectivity index (χ1v) is 12.5. The highest BCUT2D eigenvalue weighted by atomic mass is 32.1. The predicted molar refractivity (Wildman–Crippen MR) is 142 cm³/mol. The van der Waals surface area contributed by atoms with Gasteiger partial charge in [0.25, 0.3) is 0 Å². The number of carboxylic acid groups (broad SMARTS) is 1. The van der Waals surface area contributed by atoms with Crippen molar-refractivity contribution in [1.29, 1.82) is 0 Å². The molecule has 0 spiro atoms. The highest BCUT2D eigenvalue weighted by molar-refractivity contribution is 7.80. The van der Waals surface area contributed by atoms with Gasteiger partial charge in [0.2, 0.25) is 17.7 Å². The number of thiol groups is 1. The van der Waals surface area contributed by atoms with Crippen molar-refractivity contribution in [3.63, 3.8) is 0 Å². The van der Waals surface area contributed by atoms with Gasteiger partial charge < -0.3 is 31.9 Å². The second kappa shape index (κ2) is 14.2. The molecule has 0 saturated carbocycles. The summed E-state index contributed by atoms with van der Waals surface area (Å²) in [6.07, 6.45) is 0.328. The van der Waals surface area contributed by atoms with Crippen molar-refractivity contribution in [2.75, 3.05) is 5.75 Å². The van der Waals surface area contributed by atoms with Crippen LogP contribution in [-0.4, -0.2) is 63.8 Å². The second-order valence-corrected chi connectivity index (χ2v) is 9.41. The fraction of sp³-hybridized carbons (Fsp3) is 0.385. The van der Waals surface area contributed by atoms with Crippen LogP contribution in [0.15, 0.2) is 54.6 Å². The Bertz CT molecular complexity index is 1060. The molecule has 0 bridgehead atoms. The number of carbonyl (C=O) groups is 4. The second-order valence-electron chi connectivity index (χ2n) is 9.04. The predicted octanol–water partition coefficient (Wildman–Crippen LogP) is 0.630. The Morgan fingerprint density at radius 1 is 0.811 bits per heavy atom. The molecule has 0 aliphatic rings. The van der Waals surface area contributed by atoms with Crippen LogP contribution in [0.4, 0.5) is 0 Å². The topological polar surface area (TPSA) is 171 Å². The van der Waals surface area contributed by atoms with E-state index in [-0.39, 0.29) is 30.3 Å². The summed E-state index contributed by atoms with van der Waals surface area (Å²) in [5, 5.41) is 26.4. The summed E-state index contributed by atoms with van der Waals surface area (Å²) >= 11 is 3.95. The fourth-order valence-electron chi connectivity index (χ4n) is 3.55. The van der Waals surface area contributed by atoms with Gasteiger partial charge in [0.1, 0.15) is 23.9 Å². The minimum atomic E-state index is -1.24. The van der Waals surface area contributed by atoms with Gasteiger partial charge in [-0.3, -0.25) is 14.4 Å². The first-order valence-electron chi connectivity index (χ1n) is 11.8. The number of hydrogen-bond acceptors (Lipinski definition) is 7. The number of aliphatic carboxylic acids is 1. The molecule has 0 saturated heterocycles. The maximum absolute atomic E-state index is 13.3. The SMILES string of the molecule is CC(C)C(NC(=O)C(Cc1ccccc1)NC(=O)C(N)Cc1ccc(O)cc1)C(=O)NC(CS)C(=O)O. The number of aromatic hydroxyl groups is 1. The number of carboxylic acids is 1. The zero-order valence-electron chi connectivity index (χ0n) is 20.8. The van der Waals surface area contributed by atoms with Gasteiger partial charge in [-0.05, 0) is 35.6 Å². The molecule has 11 heteroatoms. The molecule has 4 unspecified atom stereocenters. The monoisotopic (exact) mass is 530 g/mol. The van der Waals surface area contributed by atoms with Crippen LogP contribution in [0.1, 0.15) is 25.0 Å². The molecular formula is C26H34N4O6S. The normalized spacial score (nSPS) is 14.2. The van der Waals surface area contributed by atoms with Crippen molar-refractivity contribution in [1.82, 2.24) is 16.0 Å². The van der Waals surface area contributed by atoms with Crippen molar-refractivity contribution >= 4 is 36.3 Å². The molecular weight excluding hydrogens is 496 g/mol. The summed E-state index contributed by atoms with van der Waals surface area (Å²) in [6, 6.07) is 11.0. The third-order valence-electron chi connectivity index (χ3n) is 5.69. The van der Waals surface area contributed by atoms with Gasteiger partial charge in [0.05, 0.1) is 6.04 Å². The molecule has 37 heavy (non-hydrogen) atoms. The van der Waals surface area contributed by atoms with Gasteiger partial charge in [-0.2, -0.15) is 12.6 Å². The largest absolute Gasteiger partial charge is 0.508 e. The Hall–Kier alpha value is -3.57. The Morgan fingerprint density at radius 3 is 1.92 bits per heavy atom. The average Bonchev–Trinajstić information content (AvgIpc) is 2.86. The van der Waals surface area contributed by atoms with E-state index in [1.54, 1.807) is 50.2 Å². The van der Waals surface area contributed by atoms with E-state index in [9.17, 15) is 29.4 Å². The highest BCUT2D eigenvalue weighted by Gasteiger charge is 2.31.